The Morgan fingerprint density at radius 3 is 2.19 bits per heavy atom. The molecule has 0 fully saturated rings. The van der Waals surface area contributed by atoms with E-state index in [1.807, 2.05) is 65.0 Å². The summed E-state index contributed by atoms with van der Waals surface area (Å²) < 4.78 is 0. The van der Waals surface area contributed by atoms with Crippen molar-refractivity contribution in [2.75, 3.05) is 0 Å². The van der Waals surface area contributed by atoms with Crippen LogP contribution < -0.4 is 16.0 Å². The summed E-state index contributed by atoms with van der Waals surface area (Å²) in [6.45, 7) is 9.47. The minimum Gasteiger partial charge on any atom is -0.352 e. The van der Waals surface area contributed by atoms with E-state index in [9.17, 15) is 14.4 Å². The largest absolute Gasteiger partial charge is 0.352 e. The van der Waals surface area contributed by atoms with Gasteiger partial charge in [-0.2, -0.15) is 0 Å². The Morgan fingerprint density at radius 1 is 1.00 bits per heavy atom. The fraction of sp³-hybridized carbons (Fsp3) is 0.571. The summed E-state index contributed by atoms with van der Waals surface area (Å²) in [4.78, 5) is 37.1. The molecule has 1 unspecified atom stereocenters. The van der Waals surface area contributed by atoms with E-state index in [1.165, 1.54) is 0 Å². The molecule has 0 aliphatic heterocycles. The summed E-state index contributed by atoms with van der Waals surface area (Å²) in [5.74, 6) is -0.844. The van der Waals surface area contributed by atoms with Crippen LogP contribution in [0.3, 0.4) is 0 Å². The molecule has 150 valence electrons. The summed E-state index contributed by atoms with van der Waals surface area (Å²) in [6.07, 6.45) is 1.53. The molecule has 1 aromatic rings. The standard InChI is InChI=1S/C21H33N3O3/c1-6-15(2)22-20(27)17(14-19(26)24-21(3,4)5)23-18(25)13-12-16-10-8-7-9-11-16/h7-11,15,17H,6,12-14H2,1-5H3,(H,22,27)(H,23,25)(H,24,26)/t15?,17-/m0/s1. The lowest BCUT2D eigenvalue weighted by molar-refractivity contribution is -0.132. The molecule has 6 heteroatoms. The lowest BCUT2D eigenvalue weighted by Crippen LogP contribution is -2.52. The first-order valence-corrected chi connectivity index (χ1v) is 9.55. The van der Waals surface area contributed by atoms with E-state index in [0.29, 0.717) is 6.42 Å². The van der Waals surface area contributed by atoms with Crippen LogP contribution in [0.5, 0.6) is 0 Å². The van der Waals surface area contributed by atoms with E-state index in [0.717, 1.165) is 12.0 Å². The van der Waals surface area contributed by atoms with Gasteiger partial charge in [0.2, 0.25) is 17.7 Å². The Kier molecular flexibility index (Phi) is 8.98. The fourth-order valence-corrected chi connectivity index (χ4v) is 2.48. The van der Waals surface area contributed by atoms with Crippen molar-refractivity contribution in [1.82, 2.24) is 16.0 Å². The van der Waals surface area contributed by atoms with Crippen molar-refractivity contribution in [1.29, 1.82) is 0 Å². The number of nitrogens with one attached hydrogen (secondary N) is 3. The van der Waals surface area contributed by atoms with Crippen LogP contribution in [0.2, 0.25) is 0 Å². The summed E-state index contributed by atoms with van der Waals surface area (Å²) in [7, 11) is 0. The van der Waals surface area contributed by atoms with E-state index in [-0.39, 0.29) is 36.6 Å². The number of hydrogen-bond acceptors (Lipinski definition) is 3. The van der Waals surface area contributed by atoms with Crippen molar-refractivity contribution in [3.63, 3.8) is 0 Å². The van der Waals surface area contributed by atoms with Crippen LogP contribution in [-0.4, -0.2) is 35.3 Å². The zero-order valence-corrected chi connectivity index (χ0v) is 17.1. The molecule has 1 aromatic carbocycles. The molecular weight excluding hydrogens is 342 g/mol. The van der Waals surface area contributed by atoms with Crippen molar-refractivity contribution >= 4 is 17.7 Å². The van der Waals surface area contributed by atoms with Gasteiger partial charge >= 0.3 is 0 Å². The minimum absolute atomic E-state index is 0.0214. The third-order valence-corrected chi connectivity index (χ3v) is 4.04. The Balaban J connectivity index is 2.69. The highest BCUT2D eigenvalue weighted by Crippen LogP contribution is 2.05. The molecule has 1 rings (SSSR count). The lowest BCUT2D eigenvalue weighted by Gasteiger charge is -2.24. The Hall–Kier alpha value is -2.37. The monoisotopic (exact) mass is 375 g/mol. The van der Waals surface area contributed by atoms with Crippen LogP contribution in [0.4, 0.5) is 0 Å². The summed E-state index contributed by atoms with van der Waals surface area (Å²) in [6, 6.07) is 8.77. The highest BCUT2D eigenvalue weighted by atomic mass is 16.2. The molecule has 0 aromatic heterocycles. The van der Waals surface area contributed by atoms with Gasteiger partial charge in [0.25, 0.3) is 0 Å². The maximum Gasteiger partial charge on any atom is 0.243 e. The minimum atomic E-state index is -0.885. The fourth-order valence-electron chi connectivity index (χ4n) is 2.48. The highest BCUT2D eigenvalue weighted by Gasteiger charge is 2.26. The number of aryl methyl sites for hydroxylation is 1. The van der Waals surface area contributed by atoms with Gasteiger partial charge in [-0.15, -0.1) is 0 Å². The number of carbonyl (C=O) groups excluding carboxylic acids is 3. The first-order chi connectivity index (χ1) is 12.6. The third kappa shape index (κ3) is 9.78. The predicted molar refractivity (Wildman–Crippen MR) is 107 cm³/mol. The molecule has 0 radical (unpaired) electrons. The maximum absolute atomic E-state index is 12.5. The zero-order chi connectivity index (χ0) is 20.4. The van der Waals surface area contributed by atoms with Gasteiger partial charge in [-0.3, -0.25) is 14.4 Å². The van der Waals surface area contributed by atoms with Crippen molar-refractivity contribution < 1.29 is 14.4 Å². The van der Waals surface area contributed by atoms with E-state index in [4.69, 9.17) is 0 Å². The van der Waals surface area contributed by atoms with Gasteiger partial charge < -0.3 is 16.0 Å². The first-order valence-electron chi connectivity index (χ1n) is 9.55. The third-order valence-electron chi connectivity index (χ3n) is 4.04. The average molecular weight is 376 g/mol. The predicted octanol–water partition coefficient (Wildman–Crippen LogP) is 2.32. The van der Waals surface area contributed by atoms with Gasteiger partial charge in [0.15, 0.2) is 0 Å². The lowest BCUT2D eigenvalue weighted by atomic mass is 10.1. The second-order valence-electron chi connectivity index (χ2n) is 7.93. The van der Waals surface area contributed by atoms with E-state index in [1.54, 1.807) is 0 Å². The zero-order valence-electron chi connectivity index (χ0n) is 17.1. The number of hydrogen-bond donors (Lipinski definition) is 3. The second kappa shape index (κ2) is 10.7. The number of benzene rings is 1. The summed E-state index contributed by atoms with van der Waals surface area (Å²) >= 11 is 0. The number of carbonyl (C=O) groups is 3. The molecule has 0 aliphatic rings. The molecule has 0 saturated heterocycles. The topological polar surface area (TPSA) is 87.3 Å². The van der Waals surface area contributed by atoms with E-state index in [2.05, 4.69) is 16.0 Å². The van der Waals surface area contributed by atoms with Crippen LogP contribution in [0.25, 0.3) is 0 Å². The summed E-state index contributed by atoms with van der Waals surface area (Å²) in [5.41, 5.74) is 0.658. The van der Waals surface area contributed by atoms with Crippen LogP contribution in [0, 0.1) is 0 Å². The molecule has 2 atom stereocenters. The van der Waals surface area contributed by atoms with Crippen molar-refractivity contribution in [2.45, 2.75) is 77.9 Å². The smallest absolute Gasteiger partial charge is 0.243 e. The van der Waals surface area contributed by atoms with Crippen LogP contribution in [0.15, 0.2) is 30.3 Å². The first kappa shape index (κ1) is 22.7. The van der Waals surface area contributed by atoms with Gasteiger partial charge in [0, 0.05) is 18.0 Å². The van der Waals surface area contributed by atoms with Crippen molar-refractivity contribution in [2.24, 2.45) is 0 Å². The molecule has 6 nitrogen and oxygen atoms in total. The molecule has 0 spiro atoms. The van der Waals surface area contributed by atoms with E-state index >= 15 is 0 Å². The number of rotatable bonds is 9. The SMILES string of the molecule is CCC(C)NC(=O)[C@H](CC(=O)NC(C)(C)C)NC(=O)CCc1ccccc1. The van der Waals surface area contributed by atoms with Crippen molar-refractivity contribution in [3.8, 4) is 0 Å². The van der Waals surface area contributed by atoms with Gasteiger partial charge in [-0.1, -0.05) is 37.3 Å². The van der Waals surface area contributed by atoms with Gasteiger partial charge in [-0.25, -0.2) is 0 Å². The molecule has 27 heavy (non-hydrogen) atoms. The van der Waals surface area contributed by atoms with E-state index < -0.39 is 11.6 Å². The normalized spacial score (nSPS) is 13.4. The Morgan fingerprint density at radius 2 is 1.63 bits per heavy atom. The average Bonchev–Trinajstić information content (AvgIpc) is 2.58. The second-order valence-corrected chi connectivity index (χ2v) is 7.93. The molecule has 0 saturated carbocycles. The number of amides is 3. The molecule has 3 N–H and O–H groups in total. The van der Waals surface area contributed by atoms with Gasteiger partial charge in [0.05, 0.1) is 6.42 Å². The molecule has 3 amide bonds. The van der Waals surface area contributed by atoms with Crippen molar-refractivity contribution in [3.05, 3.63) is 35.9 Å². The Labute approximate surface area is 162 Å². The molecule has 0 heterocycles. The van der Waals surface area contributed by atoms with Gasteiger partial charge in [-0.05, 0) is 46.1 Å². The van der Waals surface area contributed by atoms with Crippen LogP contribution in [0.1, 0.15) is 59.4 Å². The molecule has 0 aliphatic carbocycles. The van der Waals surface area contributed by atoms with Crippen LogP contribution >= 0.6 is 0 Å². The van der Waals surface area contributed by atoms with Crippen LogP contribution in [-0.2, 0) is 20.8 Å². The highest BCUT2D eigenvalue weighted by molar-refractivity contribution is 5.92. The molecular formula is C21H33N3O3. The Bertz CT molecular complexity index is 623. The maximum atomic E-state index is 12.5. The molecule has 0 bridgehead atoms. The quantitative estimate of drug-likeness (QED) is 0.619. The summed E-state index contributed by atoms with van der Waals surface area (Å²) in [5, 5.41) is 8.40. The van der Waals surface area contributed by atoms with Gasteiger partial charge in [0.1, 0.15) is 6.04 Å².